The number of rotatable bonds is 3. The molecule has 1 aromatic carbocycles. The molecule has 0 bridgehead atoms. The Balaban J connectivity index is 0. The lowest BCUT2D eigenvalue weighted by Crippen LogP contribution is -2.04. The van der Waals surface area contributed by atoms with Crippen molar-refractivity contribution in [3.05, 3.63) is 59.9 Å². The van der Waals surface area contributed by atoms with E-state index in [4.69, 9.17) is 9.59 Å². The van der Waals surface area contributed by atoms with Crippen molar-refractivity contribution in [2.24, 2.45) is 0 Å². The van der Waals surface area contributed by atoms with Crippen LogP contribution in [0.15, 0.2) is 48.7 Å². The highest BCUT2D eigenvalue weighted by Gasteiger charge is 2.10. The Morgan fingerprint density at radius 3 is 2.10 bits per heavy atom. The van der Waals surface area contributed by atoms with Crippen molar-refractivity contribution in [1.29, 1.82) is 5.41 Å². The summed E-state index contributed by atoms with van der Waals surface area (Å²) in [6.45, 7) is 8.00. The van der Waals surface area contributed by atoms with E-state index in [1.807, 2.05) is 58.0 Å². The van der Waals surface area contributed by atoms with Crippen LogP contribution in [0.3, 0.4) is 0 Å². The minimum atomic E-state index is 0. The molecule has 21 heavy (non-hydrogen) atoms. The van der Waals surface area contributed by atoms with Crippen LogP contribution < -0.4 is 4.18 Å². The predicted molar refractivity (Wildman–Crippen MR) is 95.7 cm³/mol. The second-order valence-electron chi connectivity index (χ2n) is 3.18. The Bertz CT molecular complexity index is 501. The molecule has 0 spiro atoms. The summed E-state index contributed by atoms with van der Waals surface area (Å²) >= 11 is 3.77. The molecule has 0 amide bonds. The minimum Gasteiger partial charge on any atom is -0.428 e. The largest absolute Gasteiger partial charge is 0.428 e. The van der Waals surface area contributed by atoms with Gasteiger partial charge in [-0.25, -0.2) is 0 Å². The van der Waals surface area contributed by atoms with Gasteiger partial charge in [0.1, 0.15) is 5.75 Å². The Labute approximate surface area is 134 Å². The molecule has 3 nitrogen and oxygen atoms in total. The predicted octanol–water partition coefficient (Wildman–Crippen LogP) is 5.41. The van der Waals surface area contributed by atoms with Gasteiger partial charge < -0.3 is 4.18 Å². The molecule has 0 saturated heterocycles. The molecule has 0 fully saturated rings. The Morgan fingerprint density at radius 1 is 1.00 bits per heavy atom. The molecule has 0 atom stereocenters. The number of aromatic nitrogens is 1. The molecule has 116 valence electrons. The summed E-state index contributed by atoms with van der Waals surface area (Å²) in [5, 5.41) is 8.04. The van der Waals surface area contributed by atoms with E-state index in [0.29, 0.717) is 22.7 Å². The maximum atomic E-state index is 8.04. The van der Waals surface area contributed by atoms with Crippen molar-refractivity contribution in [1.82, 2.24) is 4.98 Å². The fourth-order valence-electron chi connectivity index (χ4n) is 1.40. The van der Waals surface area contributed by atoms with Crippen LogP contribution in [0.1, 0.15) is 46.4 Å². The molecule has 2 aromatic rings. The average Bonchev–Trinajstić information content (AvgIpc) is 2.58. The second kappa shape index (κ2) is 13.2. The quantitative estimate of drug-likeness (QED) is 0.452. The second-order valence-corrected chi connectivity index (χ2v) is 3.36. The van der Waals surface area contributed by atoms with Gasteiger partial charge in [-0.3, -0.25) is 10.4 Å². The third kappa shape index (κ3) is 6.45. The molecule has 1 aromatic heterocycles. The van der Waals surface area contributed by atoms with Crippen molar-refractivity contribution >= 4 is 18.6 Å². The number of hydrogen-bond acceptors (Lipinski definition) is 4. The first-order valence-corrected chi connectivity index (χ1v) is 7.10. The number of thiol groups is 1. The highest BCUT2D eigenvalue weighted by Crippen LogP contribution is 2.21. The highest BCUT2D eigenvalue weighted by molar-refractivity contribution is 7.75. The first-order valence-electron chi connectivity index (χ1n) is 6.73. The smallest absolute Gasteiger partial charge is 0.146 e. The minimum absolute atomic E-state index is 0. The Morgan fingerprint density at radius 2 is 1.57 bits per heavy atom. The molecule has 2 rings (SSSR count). The topological polar surface area (TPSA) is 46.0 Å². The molecule has 1 N–H and O–H groups in total. The summed E-state index contributed by atoms with van der Waals surface area (Å²) in [6, 6.07) is 12.7. The van der Waals surface area contributed by atoms with Crippen LogP contribution in [0.25, 0.3) is 0 Å². The average molecular weight is 306 g/mol. The molecule has 1 heterocycles. The normalized spacial score (nSPS) is 8.05. The molecule has 4 heteroatoms. The lowest BCUT2D eigenvalue weighted by molar-refractivity contribution is 0.657. The van der Waals surface area contributed by atoms with Gasteiger partial charge in [0.25, 0.3) is 0 Å². The molecule has 0 aliphatic rings. The van der Waals surface area contributed by atoms with Crippen molar-refractivity contribution in [2.75, 3.05) is 0 Å². The maximum Gasteiger partial charge on any atom is 0.146 e. The van der Waals surface area contributed by atoms with E-state index in [2.05, 4.69) is 17.9 Å². The van der Waals surface area contributed by atoms with E-state index in [-0.39, 0.29) is 7.43 Å². The van der Waals surface area contributed by atoms with E-state index in [0.717, 1.165) is 0 Å². The molecular formula is C17H26N2OS. The summed E-state index contributed by atoms with van der Waals surface area (Å²) in [7, 11) is 0. The SMILES string of the molecule is C.CC.CC.N=C(c1ccccn1)c1ccccc1OS. The number of para-hydroxylation sites is 1. The fourth-order valence-corrected chi connectivity index (χ4v) is 1.56. The fraction of sp³-hybridized carbons (Fsp3) is 0.294. The number of hydrogen-bond donors (Lipinski definition) is 2. The lowest BCUT2D eigenvalue weighted by atomic mass is 10.1. The molecule has 0 unspecified atom stereocenters. The van der Waals surface area contributed by atoms with Gasteiger partial charge in [0.15, 0.2) is 0 Å². The van der Waals surface area contributed by atoms with Gasteiger partial charge in [0.2, 0.25) is 0 Å². The van der Waals surface area contributed by atoms with Crippen LogP contribution in [0.4, 0.5) is 0 Å². The first-order chi connectivity index (χ1) is 9.83. The molecule has 0 saturated carbocycles. The van der Waals surface area contributed by atoms with Gasteiger partial charge in [0.05, 0.1) is 11.4 Å². The van der Waals surface area contributed by atoms with E-state index >= 15 is 0 Å². The van der Waals surface area contributed by atoms with Crippen LogP contribution >= 0.6 is 12.9 Å². The summed E-state index contributed by atoms with van der Waals surface area (Å²) in [4.78, 5) is 4.13. The highest BCUT2D eigenvalue weighted by atomic mass is 32.1. The van der Waals surface area contributed by atoms with Crippen molar-refractivity contribution in [3.8, 4) is 5.75 Å². The van der Waals surface area contributed by atoms with E-state index in [1.54, 1.807) is 18.3 Å². The van der Waals surface area contributed by atoms with Crippen LogP contribution in [0, 0.1) is 5.41 Å². The Kier molecular flexibility index (Phi) is 13.5. The third-order valence-corrected chi connectivity index (χ3v) is 2.37. The third-order valence-electron chi connectivity index (χ3n) is 2.18. The van der Waals surface area contributed by atoms with Gasteiger partial charge in [-0.05, 0) is 24.3 Å². The van der Waals surface area contributed by atoms with E-state index in [9.17, 15) is 0 Å². The van der Waals surface area contributed by atoms with Crippen LogP contribution in [-0.2, 0) is 0 Å². The summed E-state index contributed by atoms with van der Waals surface area (Å²) in [5.74, 6) is 0.557. The van der Waals surface area contributed by atoms with Crippen LogP contribution in [0.5, 0.6) is 5.75 Å². The zero-order valence-corrected chi connectivity index (χ0v) is 13.3. The van der Waals surface area contributed by atoms with Gasteiger partial charge in [0, 0.05) is 24.7 Å². The number of benzene rings is 1. The molecule has 0 aliphatic heterocycles. The van der Waals surface area contributed by atoms with Crippen LogP contribution in [-0.4, -0.2) is 10.7 Å². The van der Waals surface area contributed by atoms with Crippen LogP contribution in [0.2, 0.25) is 0 Å². The van der Waals surface area contributed by atoms with Gasteiger partial charge in [-0.1, -0.05) is 53.3 Å². The number of nitrogens with zero attached hydrogens (tertiary/aromatic N) is 1. The van der Waals surface area contributed by atoms with Gasteiger partial charge in [-0.15, -0.1) is 0 Å². The monoisotopic (exact) mass is 306 g/mol. The molecule has 0 radical (unpaired) electrons. The Hall–Kier alpha value is -1.81. The van der Waals surface area contributed by atoms with E-state index in [1.165, 1.54) is 0 Å². The van der Waals surface area contributed by atoms with Gasteiger partial charge in [-0.2, -0.15) is 0 Å². The number of nitrogens with one attached hydrogen (secondary N) is 1. The van der Waals surface area contributed by atoms with Crippen molar-refractivity contribution in [2.45, 2.75) is 35.1 Å². The van der Waals surface area contributed by atoms with E-state index < -0.39 is 0 Å². The summed E-state index contributed by atoms with van der Waals surface area (Å²) in [6.07, 6.45) is 1.66. The maximum absolute atomic E-state index is 8.04. The summed E-state index contributed by atoms with van der Waals surface area (Å²) < 4.78 is 4.91. The first kappa shape index (κ1) is 21.5. The molecule has 0 aliphatic carbocycles. The summed E-state index contributed by atoms with van der Waals surface area (Å²) in [5.41, 5.74) is 1.61. The standard InChI is InChI=1S/C12H10N2OS.2C2H6.CH4/c13-12(10-6-3-4-8-14-10)9-5-1-2-7-11(9)15-16;2*1-2;/h1-8,13,16H;2*1-2H3;1H4. The van der Waals surface area contributed by atoms with Gasteiger partial charge >= 0.3 is 0 Å². The van der Waals surface area contributed by atoms with Crippen molar-refractivity contribution < 1.29 is 4.18 Å². The van der Waals surface area contributed by atoms with Crippen molar-refractivity contribution in [3.63, 3.8) is 0 Å². The zero-order valence-electron chi connectivity index (χ0n) is 12.4. The lowest BCUT2D eigenvalue weighted by Gasteiger charge is -2.07. The zero-order chi connectivity index (χ0) is 15.4. The number of pyridine rings is 1. The molecular weight excluding hydrogens is 280 g/mol.